The summed E-state index contributed by atoms with van der Waals surface area (Å²) < 4.78 is 5.61. The van der Waals surface area contributed by atoms with Crippen LogP contribution in [0, 0.1) is 6.92 Å². The summed E-state index contributed by atoms with van der Waals surface area (Å²) in [5.74, 6) is 0.934. The number of rotatable bonds is 6. The van der Waals surface area contributed by atoms with E-state index >= 15 is 0 Å². The zero-order valence-corrected chi connectivity index (χ0v) is 11.2. The van der Waals surface area contributed by atoms with Crippen molar-refractivity contribution in [2.24, 2.45) is 0 Å². The number of hydrogen-bond donors (Lipinski definition) is 0. The molecular weight excluding hydrogens is 220 g/mol. The molecule has 1 unspecified atom stereocenters. The summed E-state index contributed by atoms with van der Waals surface area (Å²) in [5.41, 5.74) is 2.37. The molecule has 0 aromatic heterocycles. The lowest BCUT2D eigenvalue weighted by Crippen LogP contribution is -1.99. The van der Waals surface area contributed by atoms with Crippen molar-refractivity contribution in [3.05, 3.63) is 29.3 Å². The fourth-order valence-electron chi connectivity index (χ4n) is 1.74. The van der Waals surface area contributed by atoms with E-state index in [0.717, 1.165) is 24.2 Å². The lowest BCUT2D eigenvalue weighted by atomic mass is 10.0. The highest BCUT2D eigenvalue weighted by atomic mass is 35.5. The average molecular weight is 241 g/mol. The number of benzene rings is 1. The molecule has 0 amide bonds. The van der Waals surface area contributed by atoms with Gasteiger partial charge in [0.1, 0.15) is 5.75 Å². The minimum Gasteiger partial charge on any atom is -0.494 e. The molecule has 0 radical (unpaired) electrons. The molecule has 1 rings (SSSR count). The number of halogens is 1. The molecule has 1 aromatic rings. The maximum Gasteiger partial charge on any atom is 0.123 e. The Kier molecular flexibility index (Phi) is 5.68. The van der Waals surface area contributed by atoms with Crippen molar-refractivity contribution >= 4 is 11.6 Å². The lowest BCUT2D eigenvalue weighted by molar-refractivity contribution is 0.335. The second kappa shape index (κ2) is 6.80. The largest absolute Gasteiger partial charge is 0.494 e. The number of aryl methyl sites for hydroxylation is 1. The highest BCUT2D eigenvalue weighted by molar-refractivity contribution is 6.21. The quantitative estimate of drug-likeness (QED) is 0.645. The zero-order chi connectivity index (χ0) is 12.0. The predicted octanol–water partition coefficient (Wildman–Crippen LogP) is 4.86. The molecule has 0 saturated heterocycles. The molecular formula is C14H21ClO. The van der Waals surface area contributed by atoms with E-state index in [-0.39, 0.29) is 5.38 Å². The van der Waals surface area contributed by atoms with Gasteiger partial charge >= 0.3 is 0 Å². The van der Waals surface area contributed by atoms with Crippen LogP contribution in [0.1, 0.15) is 49.6 Å². The van der Waals surface area contributed by atoms with Gasteiger partial charge in [-0.25, -0.2) is 0 Å². The highest BCUT2D eigenvalue weighted by Crippen LogP contribution is 2.34. The molecule has 2 heteroatoms. The minimum absolute atomic E-state index is 0.0707. The monoisotopic (exact) mass is 240 g/mol. The van der Waals surface area contributed by atoms with E-state index in [9.17, 15) is 0 Å². The van der Waals surface area contributed by atoms with Gasteiger partial charge in [0, 0.05) is 5.56 Å². The van der Waals surface area contributed by atoms with E-state index < -0.39 is 0 Å². The Bertz CT molecular complexity index is 323. The molecule has 1 aromatic carbocycles. The first-order valence-corrected chi connectivity index (χ1v) is 6.50. The molecule has 90 valence electrons. The number of alkyl halides is 1. The first-order valence-electron chi connectivity index (χ1n) is 6.06. The van der Waals surface area contributed by atoms with Crippen LogP contribution in [0.5, 0.6) is 5.75 Å². The summed E-state index contributed by atoms with van der Waals surface area (Å²) in [7, 11) is 0. The van der Waals surface area contributed by atoms with Crippen LogP contribution in [0.25, 0.3) is 0 Å². The SMILES string of the molecule is CCCCC(Cl)c1cc(C)ccc1OCC. The van der Waals surface area contributed by atoms with Crippen LogP contribution in [-0.2, 0) is 0 Å². The maximum atomic E-state index is 6.42. The van der Waals surface area contributed by atoms with Crippen LogP contribution >= 0.6 is 11.6 Å². The van der Waals surface area contributed by atoms with E-state index in [4.69, 9.17) is 16.3 Å². The third-order valence-electron chi connectivity index (χ3n) is 2.61. The molecule has 1 atom stereocenters. The van der Waals surface area contributed by atoms with E-state index in [1.54, 1.807) is 0 Å². The van der Waals surface area contributed by atoms with Gasteiger partial charge in [0.05, 0.1) is 12.0 Å². The summed E-state index contributed by atoms with van der Waals surface area (Å²) in [6, 6.07) is 6.23. The Labute approximate surface area is 104 Å². The van der Waals surface area contributed by atoms with Crippen molar-refractivity contribution in [3.63, 3.8) is 0 Å². The standard InChI is InChI=1S/C14H21ClO/c1-4-6-7-13(15)12-10-11(3)8-9-14(12)16-5-2/h8-10,13H,4-7H2,1-3H3. The second-order valence-electron chi connectivity index (χ2n) is 4.08. The van der Waals surface area contributed by atoms with Crippen LogP contribution < -0.4 is 4.74 Å². The fourth-order valence-corrected chi connectivity index (χ4v) is 2.06. The first-order chi connectivity index (χ1) is 7.69. The van der Waals surface area contributed by atoms with Crippen molar-refractivity contribution in [1.29, 1.82) is 0 Å². The van der Waals surface area contributed by atoms with Crippen LogP contribution in [0.4, 0.5) is 0 Å². The topological polar surface area (TPSA) is 9.23 Å². The first kappa shape index (κ1) is 13.4. The summed E-state index contributed by atoms with van der Waals surface area (Å²) >= 11 is 6.42. The van der Waals surface area contributed by atoms with Crippen molar-refractivity contribution < 1.29 is 4.74 Å². The van der Waals surface area contributed by atoms with Crippen LogP contribution in [0.2, 0.25) is 0 Å². The highest BCUT2D eigenvalue weighted by Gasteiger charge is 2.13. The Hall–Kier alpha value is -0.690. The molecule has 0 spiro atoms. The van der Waals surface area contributed by atoms with Gasteiger partial charge in [0.25, 0.3) is 0 Å². The van der Waals surface area contributed by atoms with Gasteiger partial charge in [-0.2, -0.15) is 0 Å². The summed E-state index contributed by atoms with van der Waals surface area (Å²) in [5, 5.41) is 0.0707. The summed E-state index contributed by atoms with van der Waals surface area (Å²) in [6.45, 7) is 6.96. The van der Waals surface area contributed by atoms with E-state index in [1.807, 2.05) is 13.0 Å². The lowest BCUT2D eigenvalue weighted by Gasteiger charge is -2.15. The molecule has 0 aliphatic carbocycles. The third-order valence-corrected chi connectivity index (χ3v) is 3.07. The third kappa shape index (κ3) is 3.71. The average Bonchev–Trinajstić information content (AvgIpc) is 2.28. The number of ether oxygens (including phenoxy) is 1. The van der Waals surface area contributed by atoms with Gasteiger partial charge in [0.2, 0.25) is 0 Å². The Balaban J connectivity index is 2.85. The van der Waals surface area contributed by atoms with Gasteiger partial charge in [-0.3, -0.25) is 0 Å². The number of hydrogen-bond acceptors (Lipinski definition) is 1. The molecule has 16 heavy (non-hydrogen) atoms. The molecule has 0 fully saturated rings. The Morgan fingerprint density at radius 1 is 1.31 bits per heavy atom. The van der Waals surface area contributed by atoms with Gasteiger partial charge in [-0.05, 0) is 26.3 Å². The normalized spacial score (nSPS) is 12.5. The maximum absolute atomic E-state index is 6.42. The van der Waals surface area contributed by atoms with Gasteiger partial charge < -0.3 is 4.74 Å². The van der Waals surface area contributed by atoms with Gasteiger partial charge in [0.15, 0.2) is 0 Å². The Morgan fingerprint density at radius 2 is 2.06 bits per heavy atom. The molecule has 0 aliphatic rings. The van der Waals surface area contributed by atoms with Crippen LogP contribution in [0.3, 0.4) is 0 Å². The smallest absolute Gasteiger partial charge is 0.123 e. The van der Waals surface area contributed by atoms with Crippen molar-refractivity contribution in [2.75, 3.05) is 6.61 Å². The molecule has 0 aliphatic heterocycles. The van der Waals surface area contributed by atoms with Gasteiger partial charge in [-0.15, -0.1) is 11.6 Å². The summed E-state index contributed by atoms with van der Waals surface area (Å²) in [6.07, 6.45) is 3.36. The van der Waals surface area contributed by atoms with E-state index in [1.165, 1.54) is 12.0 Å². The summed E-state index contributed by atoms with van der Waals surface area (Å²) in [4.78, 5) is 0. The fraction of sp³-hybridized carbons (Fsp3) is 0.571. The molecule has 1 nitrogen and oxygen atoms in total. The van der Waals surface area contributed by atoms with Gasteiger partial charge in [-0.1, -0.05) is 37.5 Å². The molecule has 0 saturated carbocycles. The van der Waals surface area contributed by atoms with E-state index in [2.05, 4.69) is 26.0 Å². The van der Waals surface area contributed by atoms with Crippen molar-refractivity contribution in [3.8, 4) is 5.75 Å². The number of unbranched alkanes of at least 4 members (excludes halogenated alkanes) is 1. The molecule has 0 bridgehead atoms. The van der Waals surface area contributed by atoms with Crippen molar-refractivity contribution in [1.82, 2.24) is 0 Å². The molecule has 0 N–H and O–H groups in total. The van der Waals surface area contributed by atoms with Crippen LogP contribution in [0.15, 0.2) is 18.2 Å². The predicted molar refractivity (Wildman–Crippen MR) is 70.5 cm³/mol. The second-order valence-corrected chi connectivity index (χ2v) is 4.61. The van der Waals surface area contributed by atoms with E-state index in [0.29, 0.717) is 6.61 Å². The van der Waals surface area contributed by atoms with Crippen molar-refractivity contribution in [2.45, 2.75) is 45.4 Å². The minimum atomic E-state index is 0.0707. The van der Waals surface area contributed by atoms with Crippen LogP contribution in [-0.4, -0.2) is 6.61 Å². The zero-order valence-electron chi connectivity index (χ0n) is 10.4. The Morgan fingerprint density at radius 3 is 2.69 bits per heavy atom. The molecule has 0 heterocycles.